The van der Waals surface area contributed by atoms with E-state index < -0.39 is 6.43 Å². The second-order valence-electron chi connectivity index (χ2n) is 4.70. The first-order valence-electron chi connectivity index (χ1n) is 6.24. The minimum Gasteiger partial charge on any atom is -0.381 e. The van der Waals surface area contributed by atoms with Crippen molar-refractivity contribution in [3.63, 3.8) is 0 Å². The van der Waals surface area contributed by atoms with Gasteiger partial charge < -0.3 is 5.32 Å². The summed E-state index contributed by atoms with van der Waals surface area (Å²) >= 11 is 0. The second-order valence-corrected chi connectivity index (χ2v) is 4.70. The summed E-state index contributed by atoms with van der Waals surface area (Å²) in [5, 5.41) is 3.25. The van der Waals surface area contributed by atoms with Crippen LogP contribution in [0.3, 0.4) is 0 Å². The van der Waals surface area contributed by atoms with Crippen LogP contribution in [0.2, 0.25) is 0 Å². The fourth-order valence-electron chi connectivity index (χ4n) is 1.89. The van der Waals surface area contributed by atoms with Gasteiger partial charge in [0, 0.05) is 17.8 Å². The van der Waals surface area contributed by atoms with Crippen molar-refractivity contribution in [2.45, 2.75) is 26.8 Å². The number of nitrogens with one attached hydrogen (secondary N) is 1. The van der Waals surface area contributed by atoms with Crippen LogP contribution in [0, 0.1) is 13.8 Å². The van der Waals surface area contributed by atoms with Gasteiger partial charge in [-0.15, -0.1) is 0 Å². The molecule has 0 radical (unpaired) electrons. The summed E-state index contributed by atoms with van der Waals surface area (Å²) in [7, 11) is 0. The van der Waals surface area contributed by atoms with Gasteiger partial charge in [-0.05, 0) is 48.7 Å². The summed E-state index contributed by atoms with van der Waals surface area (Å²) in [5.74, 6) is 0. The topological polar surface area (TPSA) is 12.0 Å². The van der Waals surface area contributed by atoms with Gasteiger partial charge in [0.2, 0.25) is 0 Å². The van der Waals surface area contributed by atoms with E-state index in [1.165, 1.54) is 17.2 Å². The lowest BCUT2D eigenvalue weighted by Gasteiger charge is -2.10. The van der Waals surface area contributed by atoms with E-state index >= 15 is 0 Å². The second kappa shape index (κ2) is 5.83. The maximum atomic E-state index is 12.6. The monoisotopic (exact) mass is 261 g/mol. The minimum absolute atomic E-state index is 0.0689. The molecular weight excluding hydrogens is 244 g/mol. The Labute approximate surface area is 112 Å². The van der Waals surface area contributed by atoms with Gasteiger partial charge in [-0.2, -0.15) is 0 Å². The fourth-order valence-corrected chi connectivity index (χ4v) is 1.89. The fraction of sp³-hybridized carbons (Fsp3) is 0.250. The van der Waals surface area contributed by atoms with Crippen LogP contribution in [0.4, 0.5) is 14.5 Å². The Kier molecular flexibility index (Phi) is 4.15. The molecule has 0 aliphatic heterocycles. The SMILES string of the molecule is Cc1ccc(NCc2cccc(C(F)F)c2)cc1C. The quantitative estimate of drug-likeness (QED) is 0.829. The highest BCUT2D eigenvalue weighted by molar-refractivity contribution is 5.48. The molecule has 19 heavy (non-hydrogen) atoms. The molecule has 0 amide bonds. The Bertz CT molecular complexity index is 564. The van der Waals surface area contributed by atoms with E-state index in [1.807, 2.05) is 18.2 Å². The molecule has 1 N–H and O–H groups in total. The van der Waals surface area contributed by atoms with E-state index in [-0.39, 0.29) is 5.56 Å². The number of benzene rings is 2. The number of halogens is 2. The molecule has 0 aliphatic carbocycles. The van der Waals surface area contributed by atoms with Crippen molar-refractivity contribution >= 4 is 5.69 Å². The average Bonchev–Trinajstić information content (AvgIpc) is 2.40. The molecule has 0 heterocycles. The normalized spacial score (nSPS) is 10.8. The molecule has 3 heteroatoms. The van der Waals surface area contributed by atoms with Crippen LogP contribution < -0.4 is 5.32 Å². The standard InChI is InChI=1S/C16H17F2N/c1-11-6-7-15(8-12(11)2)19-10-13-4-3-5-14(9-13)16(17)18/h3-9,16,19H,10H2,1-2H3. The zero-order valence-electron chi connectivity index (χ0n) is 11.1. The van der Waals surface area contributed by atoms with Crippen molar-refractivity contribution in [1.82, 2.24) is 0 Å². The number of aryl methyl sites for hydroxylation is 2. The van der Waals surface area contributed by atoms with Gasteiger partial charge in [-0.1, -0.05) is 24.3 Å². The Hall–Kier alpha value is -1.90. The van der Waals surface area contributed by atoms with Crippen molar-refractivity contribution in [3.8, 4) is 0 Å². The Morgan fingerprint density at radius 1 is 1.00 bits per heavy atom. The molecule has 0 aliphatic rings. The van der Waals surface area contributed by atoms with Crippen LogP contribution in [0.15, 0.2) is 42.5 Å². The maximum Gasteiger partial charge on any atom is 0.263 e. The highest BCUT2D eigenvalue weighted by Crippen LogP contribution is 2.20. The number of anilines is 1. The van der Waals surface area contributed by atoms with Crippen LogP contribution in [0.5, 0.6) is 0 Å². The lowest BCUT2D eigenvalue weighted by molar-refractivity contribution is 0.151. The number of alkyl halides is 2. The van der Waals surface area contributed by atoms with Crippen molar-refractivity contribution < 1.29 is 8.78 Å². The van der Waals surface area contributed by atoms with E-state index in [0.29, 0.717) is 6.54 Å². The maximum absolute atomic E-state index is 12.6. The predicted octanol–water partition coefficient (Wildman–Crippen LogP) is 4.85. The van der Waals surface area contributed by atoms with Crippen LogP contribution in [-0.4, -0.2) is 0 Å². The number of rotatable bonds is 4. The zero-order chi connectivity index (χ0) is 13.8. The molecule has 0 spiro atoms. The minimum atomic E-state index is -2.42. The first-order chi connectivity index (χ1) is 9.06. The molecule has 0 atom stereocenters. The molecule has 0 fully saturated rings. The molecule has 0 unspecified atom stereocenters. The molecule has 100 valence electrons. The number of hydrogen-bond donors (Lipinski definition) is 1. The van der Waals surface area contributed by atoms with E-state index in [0.717, 1.165) is 11.3 Å². The lowest BCUT2D eigenvalue weighted by Crippen LogP contribution is -2.00. The van der Waals surface area contributed by atoms with Crippen LogP contribution >= 0.6 is 0 Å². The van der Waals surface area contributed by atoms with Crippen molar-refractivity contribution in [3.05, 3.63) is 64.7 Å². The third-order valence-electron chi connectivity index (χ3n) is 3.21. The third kappa shape index (κ3) is 3.53. The highest BCUT2D eigenvalue weighted by Gasteiger charge is 2.06. The van der Waals surface area contributed by atoms with Gasteiger partial charge in [0.1, 0.15) is 0 Å². The van der Waals surface area contributed by atoms with E-state index in [9.17, 15) is 8.78 Å². The molecule has 0 saturated carbocycles. The first-order valence-corrected chi connectivity index (χ1v) is 6.24. The summed E-state index contributed by atoms with van der Waals surface area (Å²) in [6, 6.07) is 12.6. The first kappa shape index (κ1) is 13.5. The Morgan fingerprint density at radius 2 is 1.79 bits per heavy atom. The molecule has 2 aromatic rings. The zero-order valence-corrected chi connectivity index (χ0v) is 11.1. The van der Waals surface area contributed by atoms with Crippen molar-refractivity contribution in [2.24, 2.45) is 0 Å². The van der Waals surface area contributed by atoms with Gasteiger partial charge in [-0.25, -0.2) is 8.78 Å². The Balaban J connectivity index is 2.05. The molecule has 1 nitrogen and oxygen atoms in total. The molecule has 0 aromatic heterocycles. The van der Waals surface area contributed by atoms with Gasteiger partial charge >= 0.3 is 0 Å². The Morgan fingerprint density at radius 3 is 2.47 bits per heavy atom. The van der Waals surface area contributed by atoms with Gasteiger partial charge in [0.25, 0.3) is 6.43 Å². The summed E-state index contributed by atoms with van der Waals surface area (Å²) in [4.78, 5) is 0. The molecule has 2 aromatic carbocycles. The van der Waals surface area contributed by atoms with E-state index in [4.69, 9.17) is 0 Å². The van der Waals surface area contributed by atoms with Gasteiger partial charge in [-0.3, -0.25) is 0 Å². The third-order valence-corrected chi connectivity index (χ3v) is 3.21. The molecule has 0 bridgehead atoms. The molecule has 2 rings (SSSR count). The number of hydrogen-bond acceptors (Lipinski definition) is 1. The van der Waals surface area contributed by atoms with Crippen molar-refractivity contribution in [1.29, 1.82) is 0 Å². The highest BCUT2D eigenvalue weighted by atomic mass is 19.3. The van der Waals surface area contributed by atoms with Crippen LogP contribution in [0.25, 0.3) is 0 Å². The predicted molar refractivity (Wildman–Crippen MR) is 74.6 cm³/mol. The summed E-state index contributed by atoms with van der Waals surface area (Å²) in [6.07, 6.45) is -2.42. The molecule has 0 saturated heterocycles. The largest absolute Gasteiger partial charge is 0.381 e. The van der Waals surface area contributed by atoms with Crippen LogP contribution in [-0.2, 0) is 6.54 Å². The van der Waals surface area contributed by atoms with Crippen molar-refractivity contribution in [2.75, 3.05) is 5.32 Å². The summed E-state index contributed by atoms with van der Waals surface area (Å²) in [6.45, 7) is 4.66. The lowest BCUT2D eigenvalue weighted by atomic mass is 10.1. The van der Waals surface area contributed by atoms with E-state index in [2.05, 4.69) is 25.2 Å². The van der Waals surface area contributed by atoms with Gasteiger partial charge in [0.15, 0.2) is 0 Å². The summed E-state index contributed by atoms with van der Waals surface area (Å²) < 4.78 is 25.2. The average molecular weight is 261 g/mol. The molecular formula is C16H17F2N. The van der Waals surface area contributed by atoms with E-state index in [1.54, 1.807) is 12.1 Å². The van der Waals surface area contributed by atoms with Crippen LogP contribution in [0.1, 0.15) is 28.7 Å². The van der Waals surface area contributed by atoms with Gasteiger partial charge in [0.05, 0.1) is 0 Å². The summed E-state index contributed by atoms with van der Waals surface area (Å²) in [5.41, 5.74) is 4.39. The smallest absolute Gasteiger partial charge is 0.263 e.